The number of carbonyl (C=O) groups excluding carboxylic acids is 2. The minimum atomic E-state index is -4.62. The second-order valence-corrected chi connectivity index (χ2v) is 15.8. The third-order valence-electron chi connectivity index (χ3n) is 9.00. The fourth-order valence-corrected chi connectivity index (χ4v) is 6.48. The van der Waals surface area contributed by atoms with E-state index >= 15 is 0 Å². The van der Waals surface area contributed by atoms with Crippen molar-refractivity contribution >= 4 is 19.8 Å². The number of aliphatic hydroxyl groups excluding tert-OH is 2. The molecule has 0 aromatic carbocycles. The molecule has 3 N–H and O–H groups in total. The van der Waals surface area contributed by atoms with Gasteiger partial charge in [-0.15, -0.1) is 0 Å². The van der Waals surface area contributed by atoms with Crippen molar-refractivity contribution in [2.75, 3.05) is 26.4 Å². The first kappa shape index (κ1) is 52.9. The lowest BCUT2D eigenvalue weighted by Crippen LogP contribution is -2.29. The molecule has 0 aromatic heterocycles. The Labute approximate surface area is 334 Å². The largest absolute Gasteiger partial charge is 0.472 e. The molecule has 0 bridgehead atoms. The average molecular weight is 799 g/mol. The van der Waals surface area contributed by atoms with Crippen LogP contribution in [0, 0.1) is 0 Å². The number of unbranched alkanes of at least 4 members (excludes halogenated alkanes) is 18. The smallest absolute Gasteiger partial charge is 0.462 e. The van der Waals surface area contributed by atoms with Crippen molar-refractivity contribution in [3.63, 3.8) is 0 Å². The van der Waals surface area contributed by atoms with Crippen molar-refractivity contribution in [3.8, 4) is 0 Å². The summed E-state index contributed by atoms with van der Waals surface area (Å²) in [5.41, 5.74) is 0. The Morgan fingerprint density at radius 1 is 0.564 bits per heavy atom. The van der Waals surface area contributed by atoms with Gasteiger partial charge in [0.1, 0.15) is 12.7 Å². The molecule has 0 heterocycles. The van der Waals surface area contributed by atoms with Crippen molar-refractivity contribution in [2.45, 2.75) is 193 Å². The Balaban J connectivity index is 4.31. The predicted octanol–water partition coefficient (Wildman–Crippen LogP) is 11.3. The van der Waals surface area contributed by atoms with Crippen LogP contribution in [-0.4, -0.2) is 65.7 Å². The van der Waals surface area contributed by atoms with Crippen molar-refractivity contribution in [3.05, 3.63) is 48.6 Å². The van der Waals surface area contributed by atoms with Gasteiger partial charge in [-0.1, -0.05) is 165 Å². The maximum atomic E-state index is 12.6. The summed E-state index contributed by atoms with van der Waals surface area (Å²) in [5, 5.41) is 18.3. The molecule has 0 aliphatic heterocycles. The van der Waals surface area contributed by atoms with Crippen molar-refractivity contribution < 1.29 is 47.8 Å². The molecule has 0 aliphatic rings. The zero-order valence-electron chi connectivity index (χ0n) is 34.6. The highest BCUT2D eigenvalue weighted by Crippen LogP contribution is 2.43. The van der Waals surface area contributed by atoms with Crippen LogP contribution < -0.4 is 0 Å². The van der Waals surface area contributed by atoms with E-state index < -0.39 is 51.8 Å². The molecule has 0 spiro atoms. The number of carbonyl (C=O) groups is 2. The summed E-state index contributed by atoms with van der Waals surface area (Å²) in [5.74, 6) is -0.939. The highest BCUT2D eigenvalue weighted by atomic mass is 31.2. The second-order valence-electron chi connectivity index (χ2n) is 14.3. The number of phosphoric acid groups is 1. The lowest BCUT2D eigenvalue weighted by molar-refractivity contribution is -0.161. The quantitative estimate of drug-likeness (QED) is 0.0237. The number of ether oxygens (including phenoxy) is 2. The summed E-state index contributed by atoms with van der Waals surface area (Å²) in [6.45, 7) is 2.25. The van der Waals surface area contributed by atoms with Gasteiger partial charge in [0.2, 0.25) is 0 Å². The van der Waals surface area contributed by atoms with Crippen LogP contribution in [-0.2, 0) is 32.7 Å². The highest BCUT2D eigenvalue weighted by molar-refractivity contribution is 7.47. The molecule has 0 radical (unpaired) electrons. The first-order chi connectivity index (χ1) is 26.7. The molecular weight excluding hydrogens is 719 g/mol. The van der Waals surface area contributed by atoms with Gasteiger partial charge in [0.05, 0.1) is 19.8 Å². The summed E-state index contributed by atoms with van der Waals surface area (Å²) >= 11 is 0. The molecule has 3 unspecified atom stereocenters. The van der Waals surface area contributed by atoms with Crippen LogP contribution in [0.5, 0.6) is 0 Å². The monoisotopic (exact) mass is 799 g/mol. The predicted molar refractivity (Wildman–Crippen MR) is 224 cm³/mol. The molecule has 0 saturated carbocycles. The first-order valence-electron chi connectivity index (χ1n) is 21.6. The van der Waals surface area contributed by atoms with E-state index in [0.717, 1.165) is 83.5 Å². The number of rotatable bonds is 40. The van der Waals surface area contributed by atoms with Gasteiger partial charge in [-0.2, -0.15) is 0 Å². The minimum absolute atomic E-state index is 0.168. The molecular formula is C44H79O10P. The highest BCUT2D eigenvalue weighted by Gasteiger charge is 2.27. The third kappa shape index (κ3) is 39.9. The molecule has 320 valence electrons. The van der Waals surface area contributed by atoms with Gasteiger partial charge in [0, 0.05) is 12.8 Å². The van der Waals surface area contributed by atoms with E-state index in [4.69, 9.17) is 19.1 Å². The standard InChI is InChI=1S/C44H79O10P/c1-3-5-7-9-11-13-15-17-18-19-20-21-22-24-26-28-30-32-34-36-44(48)54-42(40-53-55(49,50)52-38-41(46)37-45)39-51-43(47)35-33-31-29-27-25-23-16-14-12-10-8-6-4-2/h5,7,11,13,17-18,20-21,41-42,45-46H,3-4,6,8-10,12,14-16,19,22-40H2,1-2H3,(H,49,50)/b7-5-,13-11-,18-17-,21-20-. The molecule has 0 saturated heterocycles. The van der Waals surface area contributed by atoms with E-state index in [1.807, 2.05) is 0 Å². The molecule has 3 atom stereocenters. The van der Waals surface area contributed by atoms with Crippen LogP contribution in [0.25, 0.3) is 0 Å². The number of hydrogen-bond acceptors (Lipinski definition) is 9. The number of esters is 2. The molecule has 0 rings (SSSR count). The molecule has 55 heavy (non-hydrogen) atoms. The van der Waals surface area contributed by atoms with E-state index in [2.05, 4.69) is 67.0 Å². The van der Waals surface area contributed by atoms with Gasteiger partial charge in [-0.25, -0.2) is 4.57 Å². The van der Waals surface area contributed by atoms with Crippen LogP contribution in [0.2, 0.25) is 0 Å². The van der Waals surface area contributed by atoms with Crippen LogP contribution >= 0.6 is 7.82 Å². The molecule has 0 fully saturated rings. The van der Waals surface area contributed by atoms with E-state index in [9.17, 15) is 24.2 Å². The Morgan fingerprint density at radius 3 is 1.51 bits per heavy atom. The second kappa shape index (κ2) is 40.1. The Kier molecular flexibility index (Phi) is 38.6. The SMILES string of the molecule is CC/C=C\C/C=C\C/C=C\C/C=C\CCCCCCCCC(=O)OC(COC(=O)CCCCCCCCCCCCCCC)COP(=O)(O)OCC(O)CO. The normalized spacial score (nSPS) is 14.3. The van der Waals surface area contributed by atoms with Gasteiger partial charge in [0.15, 0.2) is 6.10 Å². The van der Waals surface area contributed by atoms with Gasteiger partial charge < -0.3 is 24.6 Å². The maximum absolute atomic E-state index is 12.6. The summed E-state index contributed by atoms with van der Waals surface area (Å²) in [6, 6.07) is 0. The van der Waals surface area contributed by atoms with Gasteiger partial charge in [-0.05, 0) is 51.4 Å². The summed E-state index contributed by atoms with van der Waals surface area (Å²) in [7, 11) is -4.62. The summed E-state index contributed by atoms with van der Waals surface area (Å²) in [6.07, 6.45) is 42.1. The minimum Gasteiger partial charge on any atom is -0.462 e. The average Bonchev–Trinajstić information content (AvgIpc) is 3.17. The van der Waals surface area contributed by atoms with Crippen LogP contribution in [0.4, 0.5) is 0 Å². The number of allylic oxidation sites excluding steroid dienone is 8. The van der Waals surface area contributed by atoms with Crippen molar-refractivity contribution in [1.82, 2.24) is 0 Å². The fourth-order valence-electron chi connectivity index (χ4n) is 5.69. The molecule has 0 amide bonds. The summed E-state index contributed by atoms with van der Waals surface area (Å²) < 4.78 is 32.7. The van der Waals surface area contributed by atoms with Gasteiger partial charge in [-0.3, -0.25) is 18.6 Å². The fraction of sp³-hybridized carbons (Fsp3) is 0.773. The third-order valence-corrected chi connectivity index (χ3v) is 9.95. The lowest BCUT2D eigenvalue weighted by Gasteiger charge is -2.20. The maximum Gasteiger partial charge on any atom is 0.472 e. The van der Waals surface area contributed by atoms with Gasteiger partial charge >= 0.3 is 19.8 Å². The molecule has 11 heteroatoms. The van der Waals surface area contributed by atoms with Crippen LogP contribution in [0.3, 0.4) is 0 Å². The first-order valence-corrected chi connectivity index (χ1v) is 23.1. The molecule has 0 aliphatic carbocycles. The summed E-state index contributed by atoms with van der Waals surface area (Å²) in [4.78, 5) is 35.0. The van der Waals surface area contributed by atoms with E-state index in [1.165, 1.54) is 57.8 Å². The van der Waals surface area contributed by atoms with E-state index in [0.29, 0.717) is 12.8 Å². The zero-order valence-corrected chi connectivity index (χ0v) is 35.5. The number of phosphoric ester groups is 1. The number of aliphatic hydroxyl groups is 2. The lowest BCUT2D eigenvalue weighted by atomic mass is 10.0. The Bertz CT molecular complexity index is 1060. The van der Waals surface area contributed by atoms with Crippen LogP contribution in [0.1, 0.15) is 181 Å². The Hall–Kier alpha value is -2.07. The van der Waals surface area contributed by atoms with Crippen molar-refractivity contribution in [1.29, 1.82) is 0 Å². The Morgan fingerprint density at radius 2 is 1.00 bits per heavy atom. The molecule has 0 aromatic rings. The van der Waals surface area contributed by atoms with E-state index in [1.54, 1.807) is 0 Å². The zero-order chi connectivity index (χ0) is 40.5. The van der Waals surface area contributed by atoms with E-state index in [-0.39, 0.29) is 19.4 Å². The van der Waals surface area contributed by atoms with Crippen LogP contribution in [0.15, 0.2) is 48.6 Å². The molecule has 10 nitrogen and oxygen atoms in total. The van der Waals surface area contributed by atoms with Crippen molar-refractivity contribution in [2.24, 2.45) is 0 Å². The van der Waals surface area contributed by atoms with Gasteiger partial charge in [0.25, 0.3) is 0 Å². The topological polar surface area (TPSA) is 149 Å². The number of hydrogen-bond donors (Lipinski definition) is 3.